The van der Waals surface area contributed by atoms with Crippen molar-refractivity contribution in [3.63, 3.8) is 0 Å². The summed E-state index contributed by atoms with van der Waals surface area (Å²) in [5.74, 6) is -1.46. The van der Waals surface area contributed by atoms with Gasteiger partial charge in [-0.15, -0.1) is 20.7 Å². The zero-order valence-corrected chi connectivity index (χ0v) is 9.51. The summed E-state index contributed by atoms with van der Waals surface area (Å²) in [6.45, 7) is -0.885. The Kier molecular flexibility index (Phi) is 2.61. The van der Waals surface area contributed by atoms with Gasteiger partial charge in [-0.2, -0.15) is 0 Å². The van der Waals surface area contributed by atoms with Crippen LogP contribution in [0.1, 0.15) is 0 Å². The van der Waals surface area contributed by atoms with E-state index in [4.69, 9.17) is 0 Å². The molecule has 0 unspecified atom stereocenters. The van der Waals surface area contributed by atoms with Crippen LogP contribution in [0.5, 0.6) is 0 Å². The summed E-state index contributed by atoms with van der Waals surface area (Å²) >= 11 is 0. The van der Waals surface area contributed by atoms with E-state index in [1.165, 1.54) is 30.3 Å². The number of hydrogen-bond donors (Lipinski definition) is 0. The van der Waals surface area contributed by atoms with E-state index in [2.05, 4.69) is 0 Å². The van der Waals surface area contributed by atoms with Gasteiger partial charge in [0.05, 0.1) is 0 Å². The van der Waals surface area contributed by atoms with Crippen LogP contribution < -0.4 is 4.90 Å². The standard InChI is InChI=1S/C9H7F5N2OS/c10-16-8(17)6-15(7-4-2-1-3-5-7)9(16)18(11,12,13)14/h1-5H,6H2. The maximum absolute atomic E-state index is 13.1. The Labute approximate surface area is 99.4 Å². The van der Waals surface area contributed by atoms with Crippen LogP contribution in [0.25, 0.3) is 0 Å². The number of halogens is 5. The molecule has 9 heteroatoms. The lowest BCUT2D eigenvalue weighted by Gasteiger charge is -2.24. The number of amides is 1. The van der Waals surface area contributed by atoms with Crippen molar-refractivity contribution in [1.29, 1.82) is 0 Å². The van der Waals surface area contributed by atoms with Crippen molar-refractivity contribution < 1.29 is 24.8 Å². The summed E-state index contributed by atoms with van der Waals surface area (Å²) in [6.07, 6.45) is 0. The van der Waals surface area contributed by atoms with Crippen molar-refractivity contribution in [2.24, 2.45) is 0 Å². The van der Waals surface area contributed by atoms with E-state index in [0.29, 0.717) is 0 Å². The van der Waals surface area contributed by atoms with E-state index < -0.39 is 33.0 Å². The molecule has 0 bridgehead atoms. The maximum Gasteiger partial charge on any atom is 0.313 e. The van der Waals surface area contributed by atoms with Crippen molar-refractivity contribution in [2.75, 3.05) is 11.4 Å². The fraction of sp³-hybridized carbons (Fsp3) is 0.111. The number of para-hydroxylation sites is 1. The van der Waals surface area contributed by atoms with Crippen LogP contribution in [0.15, 0.2) is 30.3 Å². The monoisotopic (exact) mass is 286 g/mol. The molecule has 3 nitrogen and oxygen atoms in total. The minimum absolute atomic E-state index is 0.102. The van der Waals surface area contributed by atoms with Gasteiger partial charge in [0.1, 0.15) is 6.54 Å². The molecule has 1 amide bonds. The van der Waals surface area contributed by atoms with Gasteiger partial charge >= 0.3 is 10.3 Å². The van der Waals surface area contributed by atoms with Gasteiger partial charge in [-0.05, 0) is 12.1 Å². The molecular weight excluding hydrogens is 279 g/mol. The van der Waals surface area contributed by atoms with Gasteiger partial charge < -0.3 is 4.90 Å². The van der Waals surface area contributed by atoms with Gasteiger partial charge in [0.15, 0.2) is 0 Å². The lowest BCUT2D eigenvalue weighted by molar-refractivity contribution is -0.133. The molecule has 0 atom stereocenters. The Morgan fingerprint density at radius 2 is 1.61 bits per heavy atom. The average Bonchev–Trinajstić information content (AvgIpc) is 2.55. The van der Waals surface area contributed by atoms with E-state index in [0.717, 1.165) is 0 Å². The van der Waals surface area contributed by atoms with E-state index in [1.807, 2.05) is 0 Å². The molecule has 1 aliphatic rings. The van der Waals surface area contributed by atoms with Gasteiger partial charge in [0, 0.05) is 5.69 Å². The Balaban J connectivity index is 2.63. The van der Waals surface area contributed by atoms with Gasteiger partial charge in [-0.25, -0.2) is 0 Å². The molecule has 0 N–H and O–H groups in total. The first-order valence-corrected chi connectivity index (χ1v) is 6.31. The highest BCUT2D eigenvalue weighted by Gasteiger charge is 2.50. The molecule has 1 heterocycles. The maximum atomic E-state index is 13.1. The molecule has 0 radical (unpaired) electrons. The highest BCUT2D eigenvalue weighted by molar-refractivity contribution is 8.32. The summed E-state index contributed by atoms with van der Waals surface area (Å²) in [4.78, 5) is 11.3. The molecular formula is C9H7F5N2OS. The van der Waals surface area contributed by atoms with Gasteiger partial charge in [-0.1, -0.05) is 22.7 Å². The number of carbonyl (C=O) groups excluding carboxylic acids is 1. The van der Waals surface area contributed by atoms with Crippen LogP contribution in [0, 0.1) is 0 Å². The molecule has 0 aromatic heterocycles. The fourth-order valence-corrected chi connectivity index (χ4v) is 2.42. The molecule has 18 heavy (non-hydrogen) atoms. The second-order valence-corrected chi connectivity index (χ2v) is 5.22. The zero-order chi connectivity index (χ0) is 13.6. The van der Waals surface area contributed by atoms with E-state index >= 15 is 0 Å². The van der Waals surface area contributed by atoms with Crippen molar-refractivity contribution in [1.82, 2.24) is 5.12 Å². The summed E-state index contributed by atoms with van der Waals surface area (Å²) in [7, 11) is -8.12. The number of nitrogens with zero attached hydrogens (tertiary/aromatic N) is 2. The lowest BCUT2D eigenvalue weighted by Crippen LogP contribution is -2.32. The largest absolute Gasteiger partial charge is 0.313 e. The van der Waals surface area contributed by atoms with Gasteiger partial charge in [-0.3, -0.25) is 4.79 Å². The molecule has 100 valence electrons. The molecule has 1 aromatic carbocycles. The third-order valence-electron chi connectivity index (χ3n) is 2.26. The second-order valence-electron chi connectivity index (χ2n) is 3.54. The minimum Gasteiger partial charge on any atom is -0.305 e. The average molecular weight is 286 g/mol. The quantitative estimate of drug-likeness (QED) is 0.450. The predicted molar refractivity (Wildman–Crippen MR) is 58.8 cm³/mol. The van der Waals surface area contributed by atoms with Crippen LogP contribution in [-0.2, 0) is 4.79 Å². The summed E-state index contributed by atoms with van der Waals surface area (Å²) < 4.78 is 64.1. The minimum atomic E-state index is -8.12. The van der Waals surface area contributed by atoms with Crippen LogP contribution >= 0.6 is 10.3 Å². The second kappa shape index (κ2) is 3.67. The molecule has 0 aliphatic carbocycles. The Hall–Kier alpha value is -1.64. The number of benzene rings is 1. The topological polar surface area (TPSA) is 23.6 Å². The Morgan fingerprint density at radius 3 is 2.11 bits per heavy atom. The summed E-state index contributed by atoms with van der Waals surface area (Å²) in [5.41, 5.74) is -0.102. The zero-order valence-electron chi connectivity index (χ0n) is 8.69. The van der Waals surface area contributed by atoms with E-state index in [9.17, 15) is 24.8 Å². The van der Waals surface area contributed by atoms with Crippen LogP contribution in [0.3, 0.4) is 0 Å². The van der Waals surface area contributed by atoms with Crippen molar-refractivity contribution in [3.8, 4) is 0 Å². The molecule has 1 aromatic rings. The van der Waals surface area contributed by atoms with Gasteiger partial charge in [0.2, 0.25) is 0 Å². The lowest BCUT2D eigenvalue weighted by atomic mass is 10.3. The first-order chi connectivity index (χ1) is 8.17. The van der Waals surface area contributed by atoms with Crippen molar-refractivity contribution in [3.05, 3.63) is 30.3 Å². The molecule has 1 aliphatic heterocycles. The van der Waals surface area contributed by atoms with Crippen molar-refractivity contribution >= 4 is 27.0 Å². The summed E-state index contributed by atoms with van der Waals surface area (Å²) in [5, 5.41) is -3.35. The van der Waals surface area contributed by atoms with Gasteiger partial charge in [0.25, 0.3) is 11.0 Å². The fourth-order valence-electron chi connectivity index (χ4n) is 1.58. The molecule has 1 saturated heterocycles. The Morgan fingerprint density at radius 1 is 1.06 bits per heavy atom. The third kappa shape index (κ3) is 2.17. The number of hydrogen-bond acceptors (Lipinski definition) is 1. The van der Waals surface area contributed by atoms with Crippen LogP contribution in [-0.4, -0.2) is 22.7 Å². The van der Waals surface area contributed by atoms with E-state index in [1.54, 1.807) is 0 Å². The number of rotatable bonds is 1. The molecule has 2 rings (SSSR count). The van der Waals surface area contributed by atoms with Crippen LogP contribution in [0.4, 0.5) is 25.7 Å². The number of carbonyl (C=O) groups is 1. The van der Waals surface area contributed by atoms with E-state index in [-0.39, 0.29) is 10.6 Å². The first kappa shape index (κ1) is 12.8. The molecule has 0 spiro atoms. The van der Waals surface area contributed by atoms with Crippen molar-refractivity contribution in [2.45, 2.75) is 0 Å². The first-order valence-electron chi connectivity index (χ1n) is 4.67. The SMILES string of the molecule is O=C1CN(c2ccccc2)C(=S(F)(F)(F)F)N1F. The normalized spacial score (nSPS) is 19.1. The van der Waals surface area contributed by atoms with Crippen LogP contribution in [0.2, 0.25) is 0 Å². The Bertz CT molecular complexity index is 546. The molecule has 1 fully saturated rings. The highest BCUT2D eigenvalue weighted by Crippen LogP contribution is 2.68. The predicted octanol–water partition coefficient (Wildman–Crippen LogP) is 3.19. The summed E-state index contributed by atoms with van der Waals surface area (Å²) in [6, 6.07) is 6.79. The molecule has 0 saturated carbocycles. The highest BCUT2D eigenvalue weighted by atomic mass is 32.4. The number of anilines is 1. The third-order valence-corrected chi connectivity index (χ3v) is 3.19. The smallest absolute Gasteiger partial charge is 0.305 e.